The number of hydrogen-bond acceptors (Lipinski definition) is 3. The van der Waals surface area contributed by atoms with Gasteiger partial charge in [0.1, 0.15) is 12.4 Å². The van der Waals surface area contributed by atoms with Crippen LogP contribution in [0.3, 0.4) is 0 Å². The Kier molecular flexibility index (Phi) is 5.59. The number of amides is 2. The quantitative estimate of drug-likeness (QED) is 0.766. The first-order valence-corrected chi connectivity index (χ1v) is 9.52. The molecular formula is C20H28N4O2. The molecule has 0 N–H and O–H groups in total. The van der Waals surface area contributed by atoms with E-state index in [1.165, 1.54) is 0 Å². The van der Waals surface area contributed by atoms with E-state index in [1.54, 1.807) is 4.90 Å². The molecular weight excluding hydrogens is 328 g/mol. The van der Waals surface area contributed by atoms with Gasteiger partial charge in [0.25, 0.3) is 0 Å². The summed E-state index contributed by atoms with van der Waals surface area (Å²) in [6, 6.07) is 7.89. The fourth-order valence-electron chi connectivity index (χ4n) is 3.60. The lowest BCUT2D eigenvalue weighted by Gasteiger charge is -2.19. The molecule has 1 unspecified atom stereocenters. The maximum Gasteiger partial charge on any atom is 0.242 e. The van der Waals surface area contributed by atoms with E-state index in [4.69, 9.17) is 4.98 Å². The van der Waals surface area contributed by atoms with E-state index >= 15 is 0 Å². The number of imidazole rings is 1. The van der Waals surface area contributed by atoms with Gasteiger partial charge in [-0.3, -0.25) is 9.59 Å². The fourth-order valence-corrected chi connectivity index (χ4v) is 3.60. The molecule has 0 saturated carbocycles. The smallest absolute Gasteiger partial charge is 0.242 e. The molecule has 26 heavy (non-hydrogen) atoms. The molecule has 1 saturated heterocycles. The Labute approximate surface area is 154 Å². The number of rotatable bonds is 7. The van der Waals surface area contributed by atoms with Crippen molar-refractivity contribution in [3.8, 4) is 0 Å². The lowest BCUT2D eigenvalue weighted by atomic mass is 10.1. The van der Waals surface area contributed by atoms with Crippen molar-refractivity contribution in [3.63, 3.8) is 0 Å². The van der Waals surface area contributed by atoms with Gasteiger partial charge in [-0.1, -0.05) is 25.5 Å². The standard InChI is InChI=1S/C20H28N4O2/c1-4-6-11-22(3)19(26)14-24-17-10-8-7-9-16(17)21-20(24)15-12-18(25)23(5-2)13-15/h7-10,15H,4-6,11-14H2,1-3H3. The number of unbranched alkanes of at least 4 members (excludes halogenated alkanes) is 1. The highest BCUT2D eigenvalue weighted by Crippen LogP contribution is 2.30. The highest BCUT2D eigenvalue weighted by Gasteiger charge is 2.33. The van der Waals surface area contributed by atoms with Gasteiger partial charge >= 0.3 is 0 Å². The molecule has 1 aliphatic rings. The minimum atomic E-state index is 0.0450. The first-order chi connectivity index (χ1) is 12.5. The highest BCUT2D eigenvalue weighted by atomic mass is 16.2. The molecule has 1 aromatic heterocycles. The van der Waals surface area contributed by atoms with Crippen LogP contribution in [0.1, 0.15) is 44.9 Å². The third kappa shape index (κ3) is 3.59. The molecule has 6 nitrogen and oxygen atoms in total. The minimum absolute atomic E-state index is 0.0450. The number of carbonyl (C=O) groups is 2. The molecule has 6 heteroatoms. The van der Waals surface area contributed by atoms with Gasteiger partial charge in [-0.15, -0.1) is 0 Å². The summed E-state index contributed by atoms with van der Waals surface area (Å²) in [7, 11) is 1.86. The normalized spacial score (nSPS) is 17.3. The molecule has 1 aliphatic heterocycles. The van der Waals surface area contributed by atoms with Crippen LogP contribution >= 0.6 is 0 Å². The molecule has 1 aromatic carbocycles. The van der Waals surface area contributed by atoms with Crippen molar-refractivity contribution in [2.45, 2.75) is 45.6 Å². The van der Waals surface area contributed by atoms with E-state index < -0.39 is 0 Å². The number of benzene rings is 1. The molecule has 2 amide bonds. The van der Waals surface area contributed by atoms with Crippen LogP contribution in [-0.2, 0) is 16.1 Å². The van der Waals surface area contributed by atoms with Gasteiger partial charge in [-0.2, -0.15) is 0 Å². The molecule has 0 aliphatic carbocycles. The monoisotopic (exact) mass is 356 g/mol. The van der Waals surface area contributed by atoms with Crippen molar-refractivity contribution >= 4 is 22.8 Å². The molecule has 0 bridgehead atoms. The Bertz CT molecular complexity index is 798. The van der Waals surface area contributed by atoms with Crippen LogP contribution in [0.25, 0.3) is 11.0 Å². The predicted molar refractivity (Wildman–Crippen MR) is 102 cm³/mol. The molecule has 1 atom stereocenters. The summed E-state index contributed by atoms with van der Waals surface area (Å²) in [5.74, 6) is 1.15. The number of aromatic nitrogens is 2. The molecule has 1 fully saturated rings. The SMILES string of the molecule is CCCCN(C)C(=O)Cn1c(C2CC(=O)N(CC)C2)nc2ccccc21. The first kappa shape index (κ1) is 18.4. The van der Waals surface area contributed by atoms with Crippen molar-refractivity contribution in [2.75, 3.05) is 26.7 Å². The summed E-state index contributed by atoms with van der Waals surface area (Å²) in [6.07, 6.45) is 2.54. The number of fused-ring (bicyclic) bond motifs is 1. The number of nitrogens with zero attached hydrogens (tertiary/aromatic N) is 4. The topological polar surface area (TPSA) is 58.4 Å². The molecule has 140 valence electrons. The lowest BCUT2D eigenvalue weighted by molar-refractivity contribution is -0.130. The van der Waals surface area contributed by atoms with E-state index in [0.29, 0.717) is 19.5 Å². The zero-order chi connectivity index (χ0) is 18.7. The van der Waals surface area contributed by atoms with E-state index in [0.717, 1.165) is 36.2 Å². The Morgan fingerprint density at radius 2 is 2.08 bits per heavy atom. The van der Waals surface area contributed by atoms with Crippen molar-refractivity contribution < 1.29 is 9.59 Å². The zero-order valence-corrected chi connectivity index (χ0v) is 15.9. The maximum atomic E-state index is 12.7. The van der Waals surface area contributed by atoms with Crippen LogP contribution in [0.4, 0.5) is 0 Å². The van der Waals surface area contributed by atoms with Gasteiger partial charge in [-0.25, -0.2) is 4.98 Å². The Morgan fingerprint density at radius 3 is 2.77 bits per heavy atom. The molecule has 3 rings (SSSR count). The summed E-state index contributed by atoms with van der Waals surface area (Å²) in [5, 5.41) is 0. The summed E-state index contributed by atoms with van der Waals surface area (Å²) < 4.78 is 2.01. The van der Waals surface area contributed by atoms with Gasteiger partial charge in [0.2, 0.25) is 11.8 Å². The average Bonchev–Trinajstić information content (AvgIpc) is 3.20. The third-order valence-corrected chi connectivity index (χ3v) is 5.21. The summed E-state index contributed by atoms with van der Waals surface area (Å²) in [6.45, 7) is 6.55. The Balaban J connectivity index is 1.90. The van der Waals surface area contributed by atoms with Gasteiger partial charge in [0.15, 0.2) is 0 Å². The first-order valence-electron chi connectivity index (χ1n) is 9.52. The van der Waals surface area contributed by atoms with Gasteiger partial charge in [-0.05, 0) is 25.5 Å². The minimum Gasteiger partial charge on any atom is -0.344 e. The second-order valence-corrected chi connectivity index (χ2v) is 7.05. The van der Waals surface area contributed by atoms with Gasteiger partial charge in [0.05, 0.1) is 11.0 Å². The second kappa shape index (κ2) is 7.89. The van der Waals surface area contributed by atoms with Crippen molar-refractivity contribution in [1.29, 1.82) is 0 Å². The Hall–Kier alpha value is -2.37. The second-order valence-electron chi connectivity index (χ2n) is 7.05. The van der Waals surface area contributed by atoms with Crippen LogP contribution in [0.2, 0.25) is 0 Å². The molecule has 0 radical (unpaired) electrons. The predicted octanol–water partition coefficient (Wildman–Crippen LogP) is 2.63. The zero-order valence-electron chi connectivity index (χ0n) is 15.9. The van der Waals surface area contributed by atoms with Crippen LogP contribution in [-0.4, -0.2) is 57.8 Å². The van der Waals surface area contributed by atoms with Gasteiger partial charge in [0, 0.05) is 39.0 Å². The number of likely N-dealkylation sites (tertiary alicyclic amines) is 1. The average molecular weight is 356 g/mol. The molecule has 2 heterocycles. The molecule has 0 spiro atoms. The Morgan fingerprint density at radius 1 is 1.31 bits per heavy atom. The van der Waals surface area contributed by atoms with Gasteiger partial charge < -0.3 is 14.4 Å². The van der Waals surface area contributed by atoms with Crippen LogP contribution < -0.4 is 0 Å². The summed E-state index contributed by atoms with van der Waals surface area (Å²) in [5.41, 5.74) is 1.84. The lowest BCUT2D eigenvalue weighted by Crippen LogP contribution is -2.32. The van der Waals surface area contributed by atoms with Crippen LogP contribution in [0, 0.1) is 0 Å². The van der Waals surface area contributed by atoms with E-state index in [1.807, 2.05) is 47.7 Å². The summed E-state index contributed by atoms with van der Waals surface area (Å²) >= 11 is 0. The van der Waals surface area contributed by atoms with Crippen molar-refractivity contribution in [3.05, 3.63) is 30.1 Å². The van der Waals surface area contributed by atoms with E-state index in [9.17, 15) is 9.59 Å². The fraction of sp³-hybridized carbons (Fsp3) is 0.550. The summed E-state index contributed by atoms with van der Waals surface area (Å²) in [4.78, 5) is 33.3. The molecule has 2 aromatic rings. The maximum absolute atomic E-state index is 12.7. The van der Waals surface area contributed by atoms with Crippen LogP contribution in [0.15, 0.2) is 24.3 Å². The van der Waals surface area contributed by atoms with Crippen LogP contribution in [0.5, 0.6) is 0 Å². The number of para-hydroxylation sites is 2. The number of hydrogen-bond donors (Lipinski definition) is 0. The van der Waals surface area contributed by atoms with E-state index in [2.05, 4.69) is 6.92 Å². The number of carbonyl (C=O) groups excluding carboxylic acids is 2. The van der Waals surface area contributed by atoms with Crippen molar-refractivity contribution in [1.82, 2.24) is 19.4 Å². The van der Waals surface area contributed by atoms with E-state index in [-0.39, 0.29) is 24.3 Å². The number of likely N-dealkylation sites (N-methyl/N-ethyl adjacent to an activating group) is 2. The highest BCUT2D eigenvalue weighted by molar-refractivity contribution is 5.83. The van der Waals surface area contributed by atoms with Crippen molar-refractivity contribution in [2.24, 2.45) is 0 Å². The third-order valence-electron chi connectivity index (χ3n) is 5.21. The largest absolute Gasteiger partial charge is 0.344 e.